The van der Waals surface area contributed by atoms with Crippen LogP contribution in [0.3, 0.4) is 0 Å². The molecule has 1 atom stereocenters. The van der Waals surface area contributed by atoms with E-state index in [4.69, 9.17) is 5.73 Å². The summed E-state index contributed by atoms with van der Waals surface area (Å²) in [4.78, 5) is 0. The minimum absolute atomic E-state index is 0.106. The number of hydrogen-bond acceptors (Lipinski definition) is 2. The average Bonchev–Trinajstić information content (AvgIpc) is 1.66. The van der Waals surface area contributed by atoms with Crippen molar-refractivity contribution in [3.63, 3.8) is 0 Å². The summed E-state index contributed by atoms with van der Waals surface area (Å²) in [5.41, 5.74) is 5.39. The molecule has 0 aromatic heterocycles. The van der Waals surface area contributed by atoms with E-state index in [2.05, 4.69) is 11.9 Å². The molecule has 2 nitrogen and oxygen atoms in total. The zero-order valence-electron chi connectivity index (χ0n) is 5.35. The topological polar surface area (TPSA) is 38.0 Å². The summed E-state index contributed by atoms with van der Waals surface area (Å²) in [6.07, 6.45) is 2.96. The van der Waals surface area contributed by atoms with Crippen molar-refractivity contribution in [2.45, 2.75) is 19.5 Å². The molecule has 0 aliphatic rings. The molecule has 0 radical (unpaired) electrons. The predicted molar refractivity (Wildman–Crippen MR) is 36.5 cm³/mol. The fourth-order valence-electron chi connectivity index (χ4n) is 0.413. The maximum absolute atomic E-state index is 5.39. The largest absolute Gasteiger partial charge is 0.316 e. The molecule has 0 aliphatic carbocycles. The van der Waals surface area contributed by atoms with Crippen LogP contribution in [0, 0.1) is 0 Å². The van der Waals surface area contributed by atoms with Gasteiger partial charge in [-0.05, 0) is 19.9 Å². The second kappa shape index (κ2) is 4.81. The molecule has 0 saturated heterocycles. The fourth-order valence-corrected chi connectivity index (χ4v) is 0.413. The van der Waals surface area contributed by atoms with Crippen LogP contribution in [-0.2, 0) is 0 Å². The Balaban J connectivity index is 2.81. The van der Waals surface area contributed by atoms with Crippen molar-refractivity contribution in [1.29, 1.82) is 0 Å². The Labute approximate surface area is 50.8 Å². The van der Waals surface area contributed by atoms with Gasteiger partial charge in [-0.15, -0.1) is 6.58 Å². The third-order valence-corrected chi connectivity index (χ3v) is 0.815. The fraction of sp³-hybridized carbons (Fsp3) is 0.667. The Morgan fingerprint density at radius 1 is 1.88 bits per heavy atom. The Bertz CT molecular complexity index is 59.5. The van der Waals surface area contributed by atoms with Crippen LogP contribution in [0.15, 0.2) is 12.7 Å². The molecule has 0 amide bonds. The Hall–Kier alpha value is -0.340. The summed E-state index contributed by atoms with van der Waals surface area (Å²) in [5, 5.41) is 3.05. The highest BCUT2D eigenvalue weighted by molar-refractivity contribution is 4.67. The Morgan fingerprint density at radius 2 is 2.50 bits per heavy atom. The zero-order valence-corrected chi connectivity index (χ0v) is 5.35. The summed E-state index contributed by atoms with van der Waals surface area (Å²) in [5.74, 6) is 0. The minimum Gasteiger partial charge on any atom is -0.316 e. The first-order valence-electron chi connectivity index (χ1n) is 2.87. The summed E-state index contributed by atoms with van der Waals surface area (Å²) in [6.45, 7) is 6.43. The number of nitrogens with one attached hydrogen (secondary N) is 1. The maximum Gasteiger partial charge on any atom is 0.0517 e. The molecule has 0 saturated carbocycles. The zero-order chi connectivity index (χ0) is 6.41. The molecular formula is C6H14N2. The molecule has 0 heterocycles. The van der Waals surface area contributed by atoms with Gasteiger partial charge in [0.25, 0.3) is 0 Å². The summed E-state index contributed by atoms with van der Waals surface area (Å²) >= 11 is 0. The monoisotopic (exact) mass is 114 g/mol. The molecule has 3 N–H and O–H groups in total. The maximum atomic E-state index is 5.39. The lowest BCUT2D eigenvalue weighted by atomic mass is 10.4. The molecule has 0 rings (SSSR count). The van der Waals surface area contributed by atoms with Gasteiger partial charge >= 0.3 is 0 Å². The summed E-state index contributed by atoms with van der Waals surface area (Å²) in [6, 6.07) is 0. The van der Waals surface area contributed by atoms with E-state index in [1.165, 1.54) is 0 Å². The third kappa shape index (κ3) is 5.66. The molecule has 1 unspecified atom stereocenters. The second-order valence-corrected chi connectivity index (χ2v) is 1.82. The van der Waals surface area contributed by atoms with Crippen LogP contribution in [0.25, 0.3) is 0 Å². The number of hydrogen-bond donors (Lipinski definition) is 2. The summed E-state index contributed by atoms with van der Waals surface area (Å²) in [7, 11) is 0. The highest BCUT2D eigenvalue weighted by Crippen LogP contribution is 1.75. The van der Waals surface area contributed by atoms with Crippen LogP contribution in [0.2, 0.25) is 0 Å². The first kappa shape index (κ1) is 7.66. The van der Waals surface area contributed by atoms with E-state index >= 15 is 0 Å². The molecule has 8 heavy (non-hydrogen) atoms. The van der Waals surface area contributed by atoms with E-state index in [9.17, 15) is 0 Å². The quantitative estimate of drug-likeness (QED) is 0.316. The van der Waals surface area contributed by atoms with Gasteiger partial charge < -0.3 is 11.1 Å². The Kier molecular flexibility index (Phi) is 4.61. The molecule has 0 aromatic carbocycles. The smallest absolute Gasteiger partial charge is 0.0517 e. The van der Waals surface area contributed by atoms with Gasteiger partial charge in [0, 0.05) is 0 Å². The van der Waals surface area contributed by atoms with Crippen molar-refractivity contribution in [3.8, 4) is 0 Å². The van der Waals surface area contributed by atoms with Crippen LogP contribution in [-0.4, -0.2) is 12.7 Å². The van der Waals surface area contributed by atoms with E-state index in [0.717, 1.165) is 13.0 Å². The molecule has 0 fully saturated rings. The van der Waals surface area contributed by atoms with Crippen LogP contribution in [0.5, 0.6) is 0 Å². The highest BCUT2D eigenvalue weighted by Gasteiger charge is 1.86. The van der Waals surface area contributed by atoms with Gasteiger partial charge in [0.2, 0.25) is 0 Å². The van der Waals surface area contributed by atoms with Gasteiger partial charge in [-0.25, -0.2) is 0 Å². The van der Waals surface area contributed by atoms with Crippen molar-refractivity contribution < 1.29 is 0 Å². The van der Waals surface area contributed by atoms with Gasteiger partial charge in [0.05, 0.1) is 6.17 Å². The van der Waals surface area contributed by atoms with E-state index in [1.807, 2.05) is 13.0 Å². The molecule has 0 aromatic rings. The van der Waals surface area contributed by atoms with Crippen LogP contribution >= 0.6 is 0 Å². The molecule has 0 aliphatic heterocycles. The summed E-state index contributed by atoms with van der Waals surface area (Å²) < 4.78 is 0. The van der Waals surface area contributed by atoms with Gasteiger partial charge in [-0.3, -0.25) is 0 Å². The highest BCUT2D eigenvalue weighted by atomic mass is 15.0. The first-order chi connectivity index (χ1) is 3.77. The lowest BCUT2D eigenvalue weighted by molar-refractivity contribution is 0.573. The lowest BCUT2D eigenvalue weighted by Gasteiger charge is -2.04. The van der Waals surface area contributed by atoms with Crippen molar-refractivity contribution >= 4 is 0 Å². The first-order valence-corrected chi connectivity index (χ1v) is 2.87. The van der Waals surface area contributed by atoms with Crippen molar-refractivity contribution in [1.82, 2.24) is 5.32 Å². The van der Waals surface area contributed by atoms with E-state index in [0.29, 0.717) is 0 Å². The van der Waals surface area contributed by atoms with Crippen LogP contribution < -0.4 is 11.1 Å². The van der Waals surface area contributed by atoms with Crippen molar-refractivity contribution in [2.75, 3.05) is 6.54 Å². The number of rotatable bonds is 4. The normalized spacial score (nSPS) is 13.2. The van der Waals surface area contributed by atoms with Crippen LogP contribution in [0.4, 0.5) is 0 Å². The standard InChI is InChI=1S/C6H14N2/c1-3-4-5-8-6(2)7/h3,6,8H,1,4-5,7H2,2H3. The van der Waals surface area contributed by atoms with E-state index < -0.39 is 0 Å². The molecule has 48 valence electrons. The van der Waals surface area contributed by atoms with Crippen LogP contribution in [0.1, 0.15) is 13.3 Å². The second-order valence-electron chi connectivity index (χ2n) is 1.82. The number of nitrogens with two attached hydrogens (primary N) is 1. The van der Waals surface area contributed by atoms with Crippen molar-refractivity contribution in [3.05, 3.63) is 12.7 Å². The predicted octanol–water partition coefficient (Wildman–Crippen LogP) is 0.457. The van der Waals surface area contributed by atoms with Gasteiger partial charge in [-0.1, -0.05) is 6.08 Å². The van der Waals surface area contributed by atoms with Gasteiger partial charge in [-0.2, -0.15) is 0 Å². The minimum atomic E-state index is 0.106. The Morgan fingerprint density at radius 3 is 2.88 bits per heavy atom. The van der Waals surface area contributed by atoms with Gasteiger partial charge in [0.1, 0.15) is 0 Å². The SMILES string of the molecule is C=CCCNC(C)N. The average molecular weight is 114 g/mol. The van der Waals surface area contributed by atoms with Crippen molar-refractivity contribution in [2.24, 2.45) is 5.73 Å². The molecule has 2 heteroatoms. The lowest BCUT2D eigenvalue weighted by Crippen LogP contribution is -2.34. The molecule has 0 spiro atoms. The molecule has 0 bridgehead atoms. The van der Waals surface area contributed by atoms with E-state index in [-0.39, 0.29) is 6.17 Å². The van der Waals surface area contributed by atoms with Gasteiger partial charge in [0.15, 0.2) is 0 Å². The third-order valence-electron chi connectivity index (χ3n) is 0.815. The molecular weight excluding hydrogens is 100 g/mol. The van der Waals surface area contributed by atoms with E-state index in [1.54, 1.807) is 0 Å².